The van der Waals surface area contributed by atoms with Crippen LogP contribution < -0.4 is 5.32 Å². The predicted molar refractivity (Wildman–Crippen MR) is 60.3 cm³/mol. The van der Waals surface area contributed by atoms with Gasteiger partial charge in [0, 0.05) is 12.3 Å². The Morgan fingerprint density at radius 3 is 2.94 bits per heavy atom. The molecule has 0 aliphatic rings. The second kappa shape index (κ2) is 6.47. The van der Waals surface area contributed by atoms with E-state index in [9.17, 15) is 9.59 Å². The molecule has 6 nitrogen and oxygen atoms in total. The fourth-order valence-corrected chi connectivity index (χ4v) is 1.06. The van der Waals surface area contributed by atoms with Gasteiger partial charge in [0.25, 0.3) is 0 Å². The van der Waals surface area contributed by atoms with Gasteiger partial charge < -0.3 is 14.6 Å². The molecule has 0 bridgehead atoms. The number of hydrogen-bond donors (Lipinski definition) is 1. The second-order valence-electron chi connectivity index (χ2n) is 3.26. The molecule has 92 valence electrons. The summed E-state index contributed by atoms with van der Waals surface area (Å²) in [5.41, 5.74) is 0.735. The first kappa shape index (κ1) is 13.0. The van der Waals surface area contributed by atoms with Crippen LogP contribution in [0.1, 0.15) is 19.0 Å². The van der Waals surface area contributed by atoms with Crippen molar-refractivity contribution in [2.24, 2.45) is 0 Å². The molecule has 17 heavy (non-hydrogen) atoms. The average Bonchev–Trinajstić information content (AvgIpc) is 2.64. The Morgan fingerprint density at radius 1 is 1.59 bits per heavy atom. The van der Waals surface area contributed by atoms with Crippen molar-refractivity contribution >= 4 is 17.6 Å². The topological polar surface area (TPSA) is 81.4 Å². The molecule has 1 rings (SSSR count). The Balaban J connectivity index is 2.33. The van der Waals surface area contributed by atoms with Crippen LogP contribution in [0.4, 0.5) is 5.88 Å². The van der Waals surface area contributed by atoms with Gasteiger partial charge in [0.05, 0.1) is 12.3 Å². The molecule has 0 aromatic carbocycles. The van der Waals surface area contributed by atoms with Crippen molar-refractivity contribution in [2.75, 3.05) is 11.9 Å². The number of nitrogens with zero attached hydrogens (tertiary/aromatic N) is 1. The number of rotatable bonds is 6. The Hall–Kier alpha value is -2.11. The molecule has 0 radical (unpaired) electrons. The van der Waals surface area contributed by atoms with Gasteiger partial charge in [-0.25, -0.2) is 0 Å². The number of aryl methyl sites for hydroxylation is 1. The lowest BCUT2D eigenvalue weighted by Crippen LogP contribution is -2.09. The standard InChI is InChI=1S/C11H14N2O4/c1-3-16-11(15)7-9(14)4-5-12-10-6-8(2)13-17-10/h4-6,12H,3,7H2,1-2H3. The van der Waals surface area contributed by atoms with E-state index in [1.807, 2.05) is 0 Å². The lowest BCUT2D eigenvalue weighted by Gasteiger charge is -1.97. The van der Waals surface area contributed by atoms with E-state index in [2.05, 4.69) is 15.2 Å². The number of esters is 1. The van der Waals surface area contributed by atoms with Crippen LogP contribution in [0, 0.1) is 6.92 Å². The van der Waals surface area contributed by atoms with Gasteiger partial charge in [-0.3, -0.25) is 9.59 Å². The van der Waals surface area contributed by atoms with E-state index in [1.165, 1.54) is 12.3 Å². The van der Waals surface area contributed by atoms with E-state index in [4.69, 9.17) is 4.52 Å². The van der Waals surface area contributed by atoms with Crippen LogP contribution in [-0.4, -0.2) is 23.5 Å². The van der Waals surface area contributed by atoms with Crippen molar-refractivity contribution in [3.8, 4) is 0 Å². The summed E-state index contributed by atoms with van der Waals surface area (Å²) in [5, 5.41) is 6.38. The van der Waals surface area contributed by atoms with Gasteiger partial charge in [-0.15, -0.1) is 0 Å². The highest BCUT2D eigenvalue weighted by atomic mass is 16.5. The van der Waals surface area contributed by atoms with E-state index in [1.54, 1.807) is 19.9 Å². The number of hydrogen-bond acceptors (Lipinski definition) is 6. The molecule has 0 aliphatic heterocycles. The first-order chi connectivity index (χ1) is 8.11. The van der Waals surface area contributed by atoms with Crippen LogP contribution in [0.2, 0.25) is 0 Å². The number of carbonyl (C=O) groups excluding carboxylic acids is 2. The molecule has 0 aliphatic carbocycles. The molecule has 0 saturated heterocycles. The van der Waals surface area contributed by atoms with Crippen LogP contribution in [-0.2, 0) is 14.3 Å². The van der Waals surface area contributed by atoms with Gasteiger partial charge >= 0.3 is 5.97 Å². The summed E-state index contributed by atoms with van der Waals surface area (Å²) >= 11 is 0. The molecule has 1 N–H and O–H groups in total. The minimum absolute atomic E-state index is 0.262. The Labute approximate surface area is 98.6 Å². The van der Waals surface area contributed by atoms with Crippen molar-refractivity contribution < 1.29 is 18.8 Å². The fourth-order valence-electron chi connectivity index (χ4n) is 1.06. The number of nitrogens with one attached hydrogen (secondary N) is 1. The number of anilines is 1. The third-order valence-corrected chi connectivity index (χ3v) is 1.75. The molecule has 0 amide bonds. The maximum Gasteiger partial charge on any atom is 0.313 e. The SMILES string of the molecule is CCOC(=O)CC(=O)C=CNc1cc(C)no1. The van der Waals surface area contributed by atoms with E-state index in [-0.39, 0.29) is 18.8 Å². The highest BCUT2D eigenvalue weighted by Crippen LogP contribution is 2.07. The number of ether oxygens (including phenoxy) is 1. The summed E-state index contributed by atoms with van der Waals surface area (Å²) in [4.78, 5) is 22.2. The molecule has 1 aromatic rings. The van der Waals surface area contributed by atoms with Gasteiger partial charge in [-0.05, 0) is 19.9 Å². The maximum atomic E-state index is 11.2. The molecule has 0 saturated carbocycles. The summed E-state index contributed by atoms with van der Waals surface area (Å²) in [6.45, 7) is 3.74. The van der Waals surface area contributed by atoms with Gasteiger partial charge in [0.1, 0.15) is 6.42 Å². The van der Waals surface area contributed by atoms with Gasteiger partial charge in [0.2, 0.25) is 5.88 Å². The summed E-state index contributed by atoms with van der Waals surface area (Å²) < 4.78 is 9.49. The van der Waals surface area contributed by atoms with Crippen molar-refractivity contribution in [3.63, 3.8) is 0 Å². The van der Waals surface area contributed by atoms with Crippen LogP contribution in [0.3, 0.4) is 0 Å². The van der Waals surface area contributed by atoms with Crippen LogP contribution >= 0.6 is 0 Å². The third-order valence-electron chi connectivity index (χ3n) is 1.75. The molecule has 1 heterocycles. The number of allylic oxidation sites excluding steroid dienone is 1. The van der Waals surface area contributed by atoms with Gasteiger partial charge in [-0.1, -0.05) is 5.16 Å². The van der Waals surface area contributed by atoms with Crippen LogP contribution in [0.5, 0.6) is 0 Å². The molecule has 1 aromatic heterocycles. The maximum absolute atomic E-state index is 11.2. The molecule has 0 unspecified atom stereocenters. The Kier molecular flexibility index (Phi) is 4.93. The normalized spacial score (nSPS) is 10.5. The van der Waals surface area contributed by atoms with Crippen molar-refractivity contribution in [2.45, 2.75) is 20.3 Å². The van der Waals surface area contributed by atoms with Crippen molar-refractivity contribution in [1.82, 2.24) is 5.16 Å². The van der Waals surface area contributed by atoms with Gasteiger partial charge in [-0.2, -0.15) is 0 Å². The number of carbonyl (C=O) groups is 2. The largest absolute Gasteiger partial charge is 0.466 e. The summed E-state index contributed by atoms with van der Waals surface area (Å²) in [5.74, 6) is -0.437. The average molecular weight is 238 g/mol. The van der Waals surface area contributed by atoms with Crippen LogP contribution in [0.15, 0.2) is 22.9 Å². The van der Waals surface area contributed by atoms with E-state index in [0.29, 0.717) is 5.88 Å². The quantitative estimate of drug-likeness (QED) is 0.458. The van der Waals surface area contributed by atoms with Gasteiger partial charge in [0.15, 0.2) is 5.78 Å². The lowest BCUT2D eigenvalue weighted by molar-refractivity contribution is -0.144. The monoisotopic (exact) mass is 238 g/mol. The smallest absolute Gasteiger partial charge is 0.313 e. The Morgan fingerprint density at radius 2 is 2.35 bits per heavy atom. The molecular formula is C11H14N2O4. The molecule has 0 spiro atoms. The minimum Gasteiger partial charge on any atom is -0.466 e. The first-order valence-corrected chi connectivity index (χ1v) is 5.16. The first-order valence-electron chi connectivity index (χ1n) is 5.16. The predicted octanol–water partition coefficient (Wildman–Crippen LogP) is 1.43. The molecule has 6 heteroatoms. The van der Waals surface area contributed by atoms with E-state index >= 15 is 0 Å². The summed E-state index contributed by atoms with van der Waals surface area (Å²) in [6, 6.07) is 1.68. The molecule has 0 fully saturated rings. The summed E-state index contributed by atoms with van der Waals surface area (Å²) in [6.07, 6.45) is 2.37. The highest BCUT2D eigenvalue weighted by Gasteiger charge is 2.06. The zero-order valence-electron chi connectivity index (χ0n) is 9.73. The van der Waals surface area contributed by atoms with Crippen LogP contribution in [0.25, 0.3) is 0 Å². The minimum atomic E-state index is -0.530. The van der Waals surface area contributed by atoms with Crippen molar-refractivity contribution in [1.29, 1.82) is 0 Å². The fraction of sp³-hybridized carbons (Fsp3) is 0.364. The summed E-state index contributed by atoms with van der Waals surface area (Å²) in [7, 11) is 0. The third kappa shape index (κ3) is 4.96. The second-order valence-corrected chi connectivity index (χ2v) is 3.26. The van der Waals surface area contributed by atoms with Crippen molar-refractivity contribution in [3.05, 3.63) is 24.0 Å². The number of aromatic nitrogens is 1. The zero-order chi connectivity index (χ0) is 12.7. The molecule has 0 atom stereocenters. The zero-order valence-corrected chi connectivity index (χ0v) is 9.73. The molecular weight excluding hydrogens is 224 g/mol. The number of ketones is 1. The Bertz CT molecular complexity index is 423. The van der Waals surface area contributed by atoms with E-state index < -0.39 is 5.97 Å². The highest BCUT2D eigenvalue weighted by molar-refractivity contribution is 6.01. The lowest BCUT2D eigenvalue weighted by atomic mass is 10.3. The van der Waals surface area contributed by atoms with E-state index in [0.717, 1.165) is 5.69 Å².